The van der Waals surface area contributed by atoms with Crippen molar-refractivity contribution < 1.29 is 4.39 Å². The highest BCUT2D eigenvalue weighted by Crippen LogP contribution is 2.33. The van der Waals surface area contributed by atoms with Crippen molar-refractivity contribution in [3.05, 3.63) is 35.6 Å². The van der Waals surface area contributed by atoms with Crippen molar-refractivity contribution in [2.75, 3.05) is 13.1 Å². The lowest BCUT2D eigenvalue weighted by atomic mass is 9.87. The van der Waals surface area contributed by atoms with Crippen LogP contribution >= 0.6 is 0 Å². The van der Waals surface area contributed by atoms with Crippen LogP contribution in [0.4, 0.5) is 4.39 Å². The molecule has 1 aromatic rings. The van der Waals surface area contributed by atoms with Crippen LogP contribution in [-0.4, -0.2) is 24.0 Å². The van der Waals surface area contributed by atoms with Crippen LogP contribution in [0, 0.1) is 11.7 Å². The largest absolute Gasteiger partial charge is 0.329 e. The predicted octanol–water partition coefficient (Wildman–Crippen LogP) is 3.34. The first-order valence-corrected chi connectivity index (χ1v) is 7.38. The number of piperidine rings is 1. The van der Waals surface area contributed by atoms with E-state index in [1.165, 1.54) is 18.9 Å². The van der Waals surface area contributed by atoms with E-state index in [0.29, 0.717) is 18.5 Å². The van der Waals surface area contributed by atoms with Gasteiger partial charge in [-0.3, -0.25) is 4.90 Å². The number of benzene rings is 1. The van der Waals surface area contributed by atoms with Gasteiger partial charge >= 0.3 is 0 Å². The Morgan fingerprint density at radius 3 is 2.89 bits per heavy atom. The summed E-state index contributed by atoms with van der Waals surface area (Å²) in [5.41, 5.74) is 7.05. The summed E-state index contributed by atoms with van der Waals surface area (Å²) in [6.45, 7) is 6.21. The number of hydrogen-bond donors (Lipinski definition) is 1. The summed E-state index contributed by atoms with van der Waals surface area (Å²) in [4.78, 5) is 2.49. The minimum atomic E-state index is -0.148. The van der Waals surface area contributed by atoms with Crippen molar-refractivity contribution in [3.63, 3.8) is 0 Å². The van der Waals surface area contributed by atoms with Crippen LogP contribution in [0.3, 0.4) is 0 Å². The summed E-state index contributed by atoms with van der Waals surface area (Å²) in [7, 11) is 0. The Hall–Kier alpha value is -0.930. The van der Waals surface area contributed by atoms with Crippen LogP contribution in [0.15, 0.2) is 24.3 Å². The zero-order valence-electron chi connectivity index (χ0n) is 12.0. The summed E-state index contributed by atoms with van der Waals surface area (Å²) in [5, 5.41) is 0. The highest BCUT2D eigenvalue weighted by atomic mass is 19.1. The van der Waals surface area contributed by atoms with Crippen LogP contribution in [0.5, 0.6) is 0 Å². The first kappa shape index (κ1) is 14.5. The van der Waals surface area contributed by atoms with Crippen LogP contribution in [0.2, 0.25) is 0 Å². The molecule has 3 atom stereocenters. The molecule has 1 heterocycles. The number of nitrogens with two attached hydrogens (primary N) is 1. The quantitative estimate of drug-likeness (QED) is 0.903. The molecule has 1 saturated heterocycles. The third kappa shape index (κ3) is 3.15. The van der Waals surface area contributed by atoms with Gasteiger partial charge in [0.15, 0.2) is 0 Å². The molecule has 0 aromatic heterocycles. The van der Waals surface area contributed by atoms with Gasteiger partial charge in [0.2, 0.25) is 0 Å². The number of halogens is 1. The molecule has 3 unspecified atom stereocenters. The molecule has 19 heavy (non-hydrogen) atoms. The second-order valence-corrected chi connectivity index (χ2v) is 5.64. The van der Waals surface area contributed by atoms with Crippen molar-refractivity contribution >= 4 is 0 Å². The maximum Gasteiger partial charge on any atom is 0.123 e. The Kier molecular flexibility index (Phi) is 4.94. The summed E-state index contributed by atoms with van der Waals surface area (Å²) < 4.78 is 13.4. The van der Waals surface area contributed by atoms with Crippen molar-refractivity contribution in [3.8, 4) is 0 Å². The monoisotopic (exact) mass is 264 g/mol. The normalized spacial score (nSPS) is 26.3. The molecular weight excluding hydrogens is 239 g/mol. The molecule has 2 rings (SSSR count). The van der Waals surface area contributed by atoms with Crippen molar-refractivity contribution in [2.24, 2.45) is 11.7 Å². The molecule has 0 saturated carbocycles. The maximum atomic E-state index is 13.4. The lowest BCUT2D eigenvalue weighted by Crippen LogP contribution is -2.49. The van der Waals surface area contributed by atoms with Crippen LogP contribution in [-0.2, 0) is 0 Å². The molecule has 0 aliphatic carbocycles. The molecular formula is C16H25FN2. The molecule has 0 amide bonds. The Morgan fingerprint density at radius 2 is 2.26 bits per heavy atom. The number of nitrogens with zero attached hydrogens (tertiary/aromatic N) is 1. The lowest BCUT2D eigenvalue weighted by Gasteiger charge is -2.44. The molecule has 1 aliphatic heterocycles. The smallest absolute Gasteiger partial charge is 0.123 e. The minimum absolute atomic E-state index is 0.148. The Labute approximate surface area is 115 Å². The molecule has 2 N–H and O–H groups in total. The number of hydrogen-bond acceptors (Lipinski definition) is 2. The van der Waals surface area contributed by atoms with E-state index in [4.69, 9.17) is 5.73 Å². The van der Waals surface area contributed by atoms with Gasteiger partial charge in [-0.2, -0.15) is 0 Å². The van der Waals surface area contributed by atoms with Gasteiger partial charge < -0.3 is 5.73 Å². The summed E-state index contributed by atoms with van der Waals surface area (Å²) >= 11 is 0. The molecule has 0 bridgehead atoms. The Morgan fingerprint density at radius 1 is 1.47 bits per heavy atom. The lowest BCUT2D eigenvalue weighted by molar-refractivity contribution is 0.0594. The average Bonchev–Trinajstić information content (AvgIpc) is 2.40. The molecule has 3 heteroatoms. The Balaban J connectivity index is 2.25. The third-order valence-electron chi connectivity index (χ3n) is 4.42. The van der Waals surface area contributed by atoms with Gasteiger partial charge in [0, 0.05) is 18.6 Å². The van der Waals surface area contributed by atoms with E-state index in [0.717, 1.165) is 18.5 Å². The number of likely N-dealkylation sites (tertiary alicyclic amines) is 1. The fraction of sp³-hybridized carbons (Fsp3) is 0.625. The van der Waals surface area contributed by atoms with Gasteiger partial charge in [0.25, 0.3) is 0 Å². The second kappa shape index (κ2) is 6.49. The van der Waals surface area contributed by atoms with Gasteiger partial charge in [-0.05, 0) is 49.4 Å². The topological polar surface area (TPSA) is 29.3 Å². The highest BCUT2D eigenvalue weighted by Gasteiger charge is 2.32. The number of rotatable bonds is 4. The van der Waals surface area contributed by atoms with Gasteiger partial charge in [-0.1, -0.05) is 26.0 Å². The molecule has 0 radical (unpaired) electrons. The zero-order chi connectivity index (χ0) is 13.8. The second-order valence-electron chi connectivity index (χ2n) is 5.64. The first-order valence-electron chi connectivity index (χ1n) is 7.38. The molecule has 2 nitrogen and oxygen atoms in total. The zero-order valence-corrected chi connectivity index (χ0v) is 12.0. The summed E-state index contributed by atoms with van der Waals surface area (Å²) in [5.74, 6) is 0.478. The third-order valence-corrected chi connectivity index (χ3v) is 4.42. The molecule has 0 spiro atoms. The van der Waals surface area contributed by atoms with E-state index in [9.17, 15) is 4.39 Å². The summed E-state index contributed by atoms with van der Waals surface area (Å²) in [6.07, 6.45) is 3.45. The fourth-order valence-corrected chi connectivity index (χ4v) is 3.41. The van der Waals surface area contributed by atoms with Crippen LogP contribution in [0.25, 0.3) is 0 Å². The average molecular weight is 264 g/mol. The van der Waals surface area contributed by atoms with Gasteiger partial charge in [-0.15, -0.1) is 0 Å². The highest BCUT2D eigenvalue weighted by molar-refractivity contribution is 5.20. The minimum Gasteiger partial charge on any atom is -0.329 e. The maximum absolute atomic E-state index is 13.4. The van der Waals surface area contributed by atoms with E-state index in [-0.39, 0.29) is 11.9 Å². The van der Waals surface area contributed by atoms with E-state index in [1.54, 1.807) is 12.1 Å². The van der Waals surface area contributed by atoms with Crippen LogP contribution < -0.4 is 5.73 Å². The Bertz CT molecular complexity index is 407. The summed E-state index contributed by atoms with van der Waals surface area (Å²) in [6, 6.07) is 7.72. The molecule has 1 aliphatic rings. The standard InChI is InChI=1S/C16H25FN2/c1-3-15(13-7-4-8-14(17)10-13)19-9-5-6-12(2)16(19)11-18/h4,7-8,10,12,15-16H,3,5-6,9,11,18H2,1-2H3. The van der Waals surface area contributed by atoms with E-state index < -0.39 is 0 Å². The van der Waals surface area contributed by atoms with Crippen LogP contribution in [0.1, 0.15) is 44.7 Å². The van der Waals surface area contributed by atoms with Crippen molar-refractivity contribution in [1.29, 1.82) is 0 Å². The molecule has 106 valence electrons. The molecule has 1 fully saturated rings. The van der Waals surface area contributed by atoms with Crippen molar-refractivity contribution in [1.82, 2.24) is 4.90 Å². The van der Waals surface area contributed by atoms with Gasteiger partial charge in [0.1, 0.15) is 5.82 Å². The molecule has 1 aromatic carbocycles. The van der Waals surface area contributed by atoms with Gasteiger partial charge in [-0.25, -0.2) is 4.39 Å². The van der Waals surface area contributed by atoms with E-state index >= 15 is 0 Å². The predicted molar refractivity (Wildman–Crippen MR) is 77.4 cm³/mol. The van der Waals surface area contributed by atoms with E-state index in [1.807, 2.05) is 6.07 Å². The van der Waals surface area contributed by atoms with E-state index in [2.05, 4.69) is 18.7 Å². The first-order chi connectivity index (χ1) is 9.17. The SMILES string of the molecule is CCC(c1cccc(F)c1)N1CCCC(C)C1CN. The fourth-order valence-electron chi connectivity index (χ4n) is 3.41. The van der Waals surface area contributed by atoms with Crippen molar-refractivity contribution in [2.45, 2.75) is 45.2 Å². The van der Waals surface area contributed by atoms with Gasteiger partial charge in [0.05, 0.1) is 0 Å².